The van der Waals surface area contributed by atoms with Crippen molar-refractivity contribution in [2.24, 2.45) is 0 Å². The maximum Gasteiger partial charge on any atom is 0.0982 e. The molecule has 1 aliphatic heterocycles. The SMILES string of the molecule is CC1N(C)c2ccccc2N1C. The zero-order valence-corrected chi connectivity index (χ0v) is 7.78. The van der Waals surface area contributed by atoms with Gasteiger partial charge in [0.2, 0.25) is 0 Å². The summed E-state index contributed by atoms with van der Waals surface area (Å²) in [5, 5.41) is 0. The Balaban J connectivity index is 2.52. The Hall–Kier alpha value is -1.18. The fourth-order valence-corrected chi connectivity index (χ4v) is 1.72. The Morgan fingerprint density at radius 3 is 1.83 bits per heavy atom. The second-order valence-electron chi connectivity index (χ2n) is 3.34. The molecule has 0 radical (unpaired) electrons. The van der Waals surface area contributed by atoms with Gasteiger partial charge in [-0.25, -0.2) is 0 Å². The highest BCUT2D eigenvalue weighted by Gasteiger charge is 2.26. The van der Waals surface area contributed by atoms with Gasteiger partial charge in [-0.15, -0.1) is 0 Å². The van der Waals surface area contributed by atoms with Gasteiger partial charge in [0.05, 0.1) is 17.5 Å². The molecule has 1 aliphatic rings. The summed E-state index contributed by atoms with van der Waals surface area (Å²) < 4.78 is 0. The predicted molar refractivity (Wildman–Crippen MR) is 52.7 cm³/mol. The molecule has 0 aromatic heterocycles. The van der Waals surface area contributed by atoms with Crippen molar-refractivity contribution in [1.82, 2.24) is 0 Å². The van der Waals surface area contributed by atoms with Gasteiger partial charge in [0.15, 0.2) is 0 Å². The van der Waals surface area contributed by atoms with Crippen molar-refractivity contribution in [1.29, 1.82) is 0 Å². The minimum atomic E-state index is 0.474. The first-order valence-electron chi connectivity index (χ1n) is 4.26. The van der Waals surface area contributed by atoms with Crippen molar-refractivity contribution >= 4 is 11.4 Å². The Labute approximate surface area is 73.4 Å². The number of hydrogen-bond acceptors (Lipinski definition) is 2. The Kier molecular flexibility index (Phi) is 1.50. The van der Waals surface area contributed by atoms with Crippen LogP contribution in [0.3, 0.4) is 0 Å². The van der Waals surface area contributed by atoms with Gasteiger partial charge in [-0.1, -0.05) is 12.1 Å². The van der Waals surface area contributed by atoms with Gasteiger partial charge in [0.25, 0.3) is 0 Å². The molecule has 2 nitrogen and oxygen atoms in total. The number of benzene rings is 1. The first-order chi connectivity index (χ1) is 5.72. The molecule has 1 aromatic carbocycles. The number of nitrogens with zero attached hydrogens (tertiary/aromatic N) is 2. The van der Waals surface area contributed by atoms with Crippen LogP contribution in [0.1, 0.15) is 6.92 Å². The van der Waals surface area contributed by atoms with Crippen LogP contribution in [0.4, 0.5) is 11.4 Å². The average Bonchev–Trinajstić information content (AvgIpc) is 2.33. The minimum Gasteiger partial charge on any atom is -0.353 e. The molecule has 12 heavy (non-hydrogen) atoms. The summed E-state index contributed by atoms with van der Waals surface area (Å²) in [5.74, 6) is 0. The smallest absolute Gasteiger partial charge is 0.0982 e. The average molecular weight is 162 g/mol. The lowest BCUT2D eigenvalue weighted by Crippen LogP contribution is -2.35. The molecular formula is C10H14N2. The zero-order valence-electron chi connectivity index (χ0n) is 7.78. The van der Waals surface area contributed by atoms with E-state index in [2.05, 4.69) is 55.1 Å². The van der Waals surface area contributed by atoms with E-state index in [0.717, 1.165) is 0 Å². The van der Waals surface area contributed by atoms with Crippen LogP contribution < -0.4 is 9.80 Å². The van der Waals surface area contributed by atoms with Crippen LogP contribution in [0, 0.1) is 0 Å². The Morgan fingerprint density at radius 2 is 1.42 bits per heavy atom. The summed E-state index contributed by atoms with van der Waals surface area (Å²) in [6.45, 7) is 2.21. The summed E-state index contributed by atoms with van der Waals surface area (Å²) in [5.41, 5.74) is 2.65. The number of anilines is 2. The first-order valence-corrected chi connectivity index (χ1v) is 4.26. The van der Waals surface area contributed by atoms with Crippen LogP contribution in [0.2, 0.25) is 0 Å². The summed E-state index contributed by atoms with van der Waals surface area (Å²) in [4.78, 5) is 4.57. The van der Waals surface area contributed by atoms with Crippen molar-refractivity contribution in [3.05, 3.63) is 24.3 Å². The molecule has 0 saturated heterocycles. The third-order valence-corrected chi connectivity index (χ3v) is 2.76. The van der Waals surface area contributed by atoms with Crippen LogP contribution in [0.25, 0.3) is 0 Å². The summed E-state index contributed by atoms with van der Waals surface area (Å²) in [7, 11) is 4.26. The van der Waals surface area contributed by atoms with Gasteiger partial charge in [-0.05, 0) is 19.1 Å². The molecule has 0 fully saturated rings. The van der Waals surface area contributed by atoms with Crippen LogP contribution in [-0.2, 0) is 0 Å². The van der Waals surface area contributed by atoms with Crippen molar-refractivity contribution in [3.8, 4) is 0 Å². The lowest BCUT2D eigenvalue weighted by molar-refractivity contribution is 0.710. The molecule has 1 heterocycles. The van der Waals surface area contributed by atoms with Crippen LogP contribution in [0.15, 0.2) is 24.3 Å². The number of rotatable bonds is 0. The second-order valence-corrected chi connectivity index (χ2v) is 3.34. The molecule has 0 unspecified atom stereocenters. The summed E-state index contributed by atoms with van der Waals surface area (Å²) in [6, 6.07) is 8.49. The third kappa shape index (κ3) is 0.809. The Morgan fingerprint density at radius 1 is 1.00 bits per heavy atom. The molecule has 2 heteroatoms. The highest BCUT2D eigenvalue weighted by Crippen LogP contribution is 2.36. The maximum absolute atomic E-state index is 2.29. The van der Waals surface area contributed by atoms with Crippen molar-refractivity contribution in [2.45, 2.75) is 13.1 Å². The minimum absolute atomic E-state index is 0.474. The topological polar surface area (TPSA) is 6.48 Å². The highest BCUT2D eigenvalue weighted by atomic mass is 15.4. The number of fused-ring (bicyclic) bond motifs is 1. The van der Waals surface area contributed by atoms with Crippen LogP contribution in [0.5, 0.6) is 0 Å². The quantitative estimate of drug-likeness (QED) is 0.575. The molecule has 0 saturated carbocycles. The van der Waals surface area contributed by atoms with Gasteiger partial charge < -0.3 is 9.80 Å². The molecular weight excluding hydrogens is 148 g/mol. The molecule has 0 amide bonds. The third-order valence-electron chi connectivity index (χ3n) is 2.76. The fourth-order valence-electron chi connectivity index (χ4n) is 1.72. The standard InChI is InChI=1S/C10H14N2/c1-8-11(2)9-6-4-5-7-10(9)12(8)3/h4-8H,1-3H3. The molecule has 2 rings (SSSR count). The molecule has 64 valence electrons. The monoisotopic (exact) mass is 162 g/mol. The van der Waals surface area contributed by atoms with E-state index in [1.54, 1.807) is 0 Å². The zero-order chi connectivity index (χ0) is 8.72. The van der Waals surface area contributed by atoms with Crippen molar-refractivity contribution < 1.29 is 0 Å². The molecule has 0 aliphatic carbocycles. The maximum atomic E-state index is 2.29. The van der Waals surface area contributed by atoms with Gasteiger partial charge >= 0.3 is 0 Å². The van der Waals surface area contributed by atoms with Crippen LogP contribution in [-0.4, -0.2) is 20.3 Å². The summed E-state index contributed by atoms with van der Waals surface area (Å²) in [6.07, 6.45) is 0.474. The van der Waals surface area contributed by atoms with E-state index in [0.29, 0.717) is 6.17 Å². The fraction of sp³-hybridized carbons (Fsp3) is 0.400. The second kappa shape index (κ2) is 2.41. The molecule has 0 N–H and O–H groups in total. The van der Waals surface area contributed by atoms with E-state index in [1.165, 1.54) is 11.4 Å². The van der Waals surface area contributed by atoms with E-state index < -0.39 is 0 Å². The highest BCUT2D eigenvalue weighted by molar-refractivity contribution is 5.76. The van der Waals surface area contributed by atoms with Gasteiger partial charge in [-0.3, -0.25) is 0 Å². The van der Waals surface area contributed by atoms with E-state index in [-0.39, 0.29) is 0 Å². The predicted octanol–water partition coefficient (Wildman–Crippen LogP) is 1.92. The Bertz CT molecular complexity index is 267. The van der Waals surface area contributed by atoms with Crippen LogP contribution >= 0.6 is 0 Å². The van der Waals surface area contributed by atoms with E-state index >= 15 is 0 Å². The number of para-hydroxylation sites is 2. The van der Waals surface area contributed by atoms with Crippen molar-refractivity contribution in [2.75, 3.05) is 23.9 Å². The largest absolute Gasteiger partial charge is 0.353 e. The number of hydrogen-bond donors (Lipinski definition) is 0. The molecule has 0 spiro atoms. The van der Waals surface area contributed by atoms with E-state index in [9.17, 15) is 0 Å². The van der Waals surface area contributed by atoms with Gasteiger partial charge in [-0.2, -0.15) is 0 Å². The summed E-state index contributed by atoms with van der Waals surface area (Å²) >= 11 is 0. The van der Waals surface area contributed by atoms with Gasteiger partial charge in [0.1, 0.15) is 0 Å². The lowest BCUT2D eigenvalue weighted by atomic mass is 10.3. The van der Waals surface area contributed by atoms with E-state index in [4.69, 9.17) is 0 Å². The van der Waals surface area contributed by atoms with E-state index in [1.807, 2.05) is 0 Å². The van der Waals surface area contributed by atoms with Gasteiger partial charge in [0, 0.05) is 14.1 Å². The molecule has 0 bridgehead atoms. The first kappa shape index (κ1) is 7.47. The lowest BCUT2D eigenvalue weighted by Gasteiger charge is -2.23. The van der Waals surface area contributed by atoms with Crippen molar-refractivity contribution in [3.63, 3.8) is 0 Å². The normalized spacial score (nSPS) is 16.9. The molecule has 0 atom stereocenters. The molecule has 1 aromatic rings.